The van der Waals surface area contributed by atoms with Gasteiger partial charge in [0.2, 0.25) is 5.91 Å². The van der Waals surface area contributed by atoms with Gasteiger partial charge in [0, 0.05) is 17.8 Å². The van der Waals surface area contributed by atoms with Crippen LogP contribution < -0.4 is 10.6 Å². The van der Waals surface area contributed by atoms with Crippen molar-refractivity contribution in [2.75, 3.05) is 19.3 Å². The Morgan fingerprint density at radius 1 is 1.31 bits per heavy atom. The Balaban J connectivity index is 1.81. The van der Waals surface area contributed by atoms with E-state index in [2.05, 4.69) is 16.9 Å². The third kappa shape index (κ3) is 2.92. The Labute approximate surface area is 102 Å². The van der Waals surface area contributed by atoms with E-state index in [0.29, 0.717) is 11.3 Å². The SMILES string of the molecule is CSC1CCCC1NC(=O)[C@H]1CCCNC1. The van der Waals surface area contributed by atoms with E-state index in [0.717, 1.165) is 32.4 Å². The smallest absolute Gasteiger partial charge is 0.224 e. The number of hydrogen-bond donors (Lipinski definition) is 2. The summed E-state index contributed by atoms with van der Waals surface area (Å²) in [5.74, 6) is 0.481. The van der Waals surface area contributed by atoms with Crippen molar-refractivity contribution in [2.45, 2.75) is 43.4 Å². The topological polar surface area (TPSA) is 41.1 Å². The average Bonchev–Trinajstić information content (AvgIpc) is 2.77. The number of piperidine rings is 1. The number of nitrogens with one attached hydrogen (secondary N) is 2. The molecule has 2 unspecified atom stereocenters. The molecular formula is C12H22N2OS. The second kappa shape index (κ2) is 5.92. The monoisotopic (exact) mass is 242 g/mol. The zero-order valence-corrected chi connectivity index (χ0v) is 10.8. The molecule has 1 saturated heterocycles. The molecule has 1 aliphatic heterocycles. The van der Waals surface area contributed by atoms with E-state index in [1.807, 2.05) is 11.8 Å². The average molecular weight is 242 g/mol. The van der Waals surface area contributed by atoms with E-state index in [9.17, 15) is 4.79 Å². The molecule has 3 atom stereocenters. The Hall–Kier alpha value is -0.220. The Kier molecular flexibility index (Phi) is 4.53. The van der Waals surface area contributed by atoms with Gasteiger partial charge in [-0.25, -0.2) is 0 Å². The van der Waals surface area contributed by atoms with Gasteiger partial charge in [0.1, 0.15) is 0 Å². The maximum absolute atomic E-state index is 12.1. The minimum Gasteiger partial charge on any atom is -0.352 e. The Bertz CT molecular complexity index is 241. The van der Waals surface area contributed by atoms with E-state index >= 15 is 0 Å². The van der Waals surface area contributed by atoms with Gasteiger partial charge in [-0.3, -0.25) is 4.79 Å². The number of carbonyl (C=O) groups excluding carboxylic acids is 1. The lowest BCUT2D eigenvalue weighted by Gasteiger charge is -2.25. The lowest BCUT2D eigenvalue weighted by Crippen LogP contribution is -2.46. The third-order valence-electron chi connectivity index (χ3n) is 3.75. The third-order valence-corrected chi connectivity index (χ3v) is 4.92. The molecule has 2 rings (SSSR count). The van der Waals surface area contributed by atoms with Gasteiger partial charge in [-0.2, -0.15) is 11.8 Å². The van der Waals surface area contributed by atoms with Crippen molar-refractivity contribution in [2.24, 2.45) is 5.92 Å². The predicted molar refractivity (Wildman–Crippen MR) is 68.7 cm³/mol. The van der Waals surface area contributed by atoms with Gasteiger partial charge < -0.3 is 10.6 Å². The van der Waals surface area contributed by atoms with Crippen LogP contribution >= 0.6 is 11.8 Å². The van der Waals surface area contributed by atoms with Gasteiger partial charge in [0.15, 0.2) is 0 Å². The molecule has 2 N–H and O–H groups in total. The number of rotatable bonds is 3. The van der Waals surface area contributed by atoms with Crippen LogP contribution in [-0.4, -0.2) is 36.5 Å². The van der Waals surface area contributed by atoms with Gasteiger partial charge in [-0.15, -0.1) is 0 Å². The molecule has 0 bridgehead atoms. The first-order valence-corrected chi connectivity index (χ1v) is 7.64. The minimum atomic E-state index is 0.205. The summed E-state index contributed by atoms with van der Waals surface area (Å²) < 4.78 is 0. The van der Waals surface area contributed by atoms with E-state index in [-0.39, 0.29) is 11.8 Å². The van der Waals surface area contributed by atoms with E-state index in [1.165, 1.54) is 12.8 Å². The van der Waals surface area contributed by atoms with Gasteiger partial charge in [-0.05, 0) is 38.5 Å². The molecule has 0 aromatic rings. The van der Waals surface area contributed by atoms with Gasteiger partial charge in [-0.1, -0.05) is 6.42 Å². The van der Waals surface area contributed by atoms with Crippen molar-refractivity contribution in [1.29, 1.82) is 0 Å². The highest BCUT2D eigenvalue weighted by Gasteiger charge is 2.30. The second-order valence-electron chi connectivity index (χ2n) is 4.86. The molecule has 1 amide bonds. The van der Waals surface area contributed by atoms with Crippen LogP contribution in [0.1, 0.15) is 32.1 Å². The van der Waals surface area contributed by atoms with Crippen molar-refractivity contribution < 1.29 is 4.79 Å². The molecule has 92 valence electrons. The summed E-state index contributed by atoms with van der Waals surface area (Å²) in [4.78, 5) is 12.1. The van der Waals surface area contributed by atoms with Crippen LogP contribution in [0.4, 0.5) is 0 Å². The number of carbonyl (C=O) groups is 1. The number of hydrogen-bond acceptors (Lipinski definition) is 3. The van der Waals surface area contributed by atoms with Crippen LogP contribution in [0.2, 0.25) is 0 Å². The normalized spacial score (nSPS) is 34.9. The lowest BCUT2D eigenvalue weighted by molar-refractivity contribution is -0.126. The standard InChI is InChI=1S/C12H22N2OS/c1-16-11-6-2-5-10(11)14-12(15)9-4-3-7-13-8-9/h9-11,13H,2-8H2,1H3,(H,14,15)/t9-,10?,11?/m0/s1. The maximum Gasteiger partial charge on any atom is 0.224 e. The quantitative estimate of drug-likeness (QED) is 0.786. The summed E-state index contributed by atoms with van der Waals surface area (Å²) in [5, 5.41) is 7.19. The fourth-order valence-corrected chi connectivity index (χ4v) is 3.68. The van der Waals surface area contributed by atoms with Crippen LogP contribution in [0.3, 0.4) is 0 Å². The summed E-state index contributed by atoms with van der Waals surface area (Å²) >= 11 is 1.90. The molecule has 16 heavy (non-hydrogen) atoms. The van der Waals surface area contributed by atoms with Gasteiger partial charge in [0.25, 0.3) is 0 Å². The molecule has 2 fully saturated rings. The molecule has 0 radical (unpaired) electrons. The fraction of sp³-hybridized carbons (Fsp3) is 0.917. The highest BCUT2D eigenvalue weighted by atomic mass is 32.2. The van der Waals surface area contributed by atoms with Gasteiger partial charge in [0.05, 0.1) is 5.92 Å². The fourth-order valence-electron chi connectivity index (χ4n) is 2.75. The minimum absolute atomic E-state index is 0.205. The first kappa shape index (κ1) is 12.2. The van der Waals surface area contributed by atoms with Crippen LogP contribution in [0.5, 0.6) is 0 Å². The molecule has 0 aromatic carbocycles. The molecule has 0 spiro atoms. The number of thioether (sulfide) groups is 1. The summed E-state index contributed by atoms with van der Waals surface area (Å²) in [7, 11) is 0. The zero-order valence-electron chi connectivity index (χ0n) is 10.00. The molecule has 0 aromatic heterocycles. The summed E-state index contributed by atoms with van der Waals surface area (Å²) in [5.41, 5.74) is 0. The molecule has 1 heterocycles. The van der Waals surface area contributed by atoms with Crippen LogP contribution in [0, 0.1) is 5.92 Å². The van der Waals surface area contributed by atoms with Crippen molar-refractivity contribution in [3.8, 4) is 0 Å². The molecular weight excluding hydrogens is 220 g/mol. The van der Waals surface area contributed by atoms with E-state index < -0.39 is 0 Å². The van der Waals surface area contributed by atoms with Crippen molar-refractivity contribution in [1.82, 2.24) is 10.6 Å². The first-order valence-electron chi connectivity index (χ1n) is 6.35. The van der Waals surface area contributed by atoms with Crippen LogP contribution in [-0.2, 0) is 4.79 Å². The van der Waals surface area contributed by atoms with Crippen molar-refractivity contribution in [3.63, 3.8) is 0 Å². The van der Waals surface area contributed by atoms with Gasteiger partial charge >= 0.3 is 0 Å². The van der Waals surface area contributed by atoms with Crippen molar-refractivity contribution in [3.05, 3.63) is 0 Å². The number of amides is 1. The summed E-state index contributed by atoms with van der Waals surface area (Å²) in [6.45, 7) is 1.93. The molecule has 1 saturated carbocycles. The second-order valence-corrected chi connectivity index (χ2v) is 5.94. The Morgan fingerprint density at radius 3 is 2.88 bits per heavy atom. The lowest BCUT2D eigenvalue weighted by atomic mass is 9.98. The summed E-state index contributed by atoms with van der Waals surface area (Å²) in [6.07, 6.45) is 8.02. The molecule has 3 nitrogen and oxygen atoms in total. The summed E-state index contributed by atoms with van der Waals surface area (Å²) in [6, 6.07) is 0.421. The molecule has 2 aliphatic rings. The zero-order chi connectivity index (χ0) is 11.4. The highest BCUT2D eigenvalue weighted by molar-refractivity contribution is 7.99. The molecule has 1 aliphatic carbocycles. The largest absolute Gasteiger partial charge is 0.352 e. The maximum atomic E-state index is 12.1. The highest BCUT2D eigenvalue weighted by Crippen LogP contribution is 2.28. The molecule has 4 heteroatoms. The first-order chi connectivity index (χ1) is 7.81. The Morgan fingerprint density at radius 2 is 2.19 bits per heavy atom. The van der Waals surface area contributed by atoms with E-state index in [1.54, 1.807) is 0 Å². The predicted octanol–water partition coefficient (Wildman–Crippen LogP) is 1.39. The van der Waals surface area contributed by atoms with E-state index in [4.69, 9.17) is 0 Å². The van der Waals surface area contributed by atoms with Crippen LogP contribution in [0.25, 0.3) is 0 Å². The van der Waals surface area contributed by atoms with Crippen molar-refractivity contribution >= 4 is 17.7 Å². The van der Waals surface area contributed by atoms with Crippen LogP contribution in [0.15, 0.2) is 0 Å².